The molecule has 32 heavy (non-hydrogen) atoms. The van der Waals surface area contributed by atoms with E-state index in [-0.39, 0.29) is 29.6 Å². The van der Waals surface area contributed by atoms with E-state index in [1.807, 2.05) is 0 Å². The molecule has 0 atom stereocenters. The van der Waals surface area contributed by atoms with Crippen molar-refractivity contribution in [2.75, 3.05) is 6.61 Å². The first-order valence-electron chi connectivity index (χ1n) is 9.57. The number of non-ortho nitro benzene ring substituents is 1. The van der Waals surface area contributed by atoms with E-state index in [0.717, 1.165) is 0 Å². The largest absolute Gasteiger partial charge is 0.485 e. The number of ketones is 2. The van der Waals surface area contributed by atoms with Gasteiger partial charge in [-0.05, 0) is 55.0 Å². The highest BCUT2D eigenvalue weighted by Gasteiger charge is 2.30. The standard InChI is InChI=1S/C24H16ClNO6/c1-14-21(31-13-20(27)16-5-7-17(25)8-6-16)10-9-19-23(28)22(32-24(14)19)12-15-3-2-4-18(11-15)26(29)30/h2-12H,13H2,1H3/b22-12-. The predicted octanol–water partition coefficient (Wildman–Crippen LogP) is 5.43. The predicted molar refractivity (Wildman–Crippen MR) is 118 cm³/mol. The van der Waals surface area contributed by atoms with Crippen LogP contribution in [-0.2, 0) is 0 Å². The van der Waals surface area contributed by atoms with E-state index in [4.69, 9.17) is 21.1 Å². The van der Waals surface area contributed by atoms with Crippen molar-refractivity contribution in [3.8, 4) is 11.5 Å². The van der Waals surface area contributed by atoms with Crippen LogP contribution in [0.4, 0.5) is 5.69 Å². The molecule has 0 fully saturated rings. The van der Waals surface area contributed by atoms with Crippen molar-refractivity contribution in [3.05, 3.63) is 104 Å². The zero-order valence-electron chi connectivity index (χ0n) is 16.8. The van der Waals surface area contributed by atoms with E-state index < -0.39 is 4.92 Å². The van der Waals surface area contributed by atoms with E-state index in [2.05, 4.69) is 0 Å². The Balaban J connectivity index is 1.53. The van der Waals surface area contributed by atoms with Crippen molar-refractivity contribution in [3.63, 3.8) is 0 Å². The molecule has 0 N–H and O–H groups in total. The van der Waals surface area contributed by atoms with Gasteiger partial charge in [-0.15, -0.1) is 0 Å². The van der Waals surface area contributed by atoms with Crippen LogP contribution in [0.2, 0.25) is 5.02 Å². The average molecular weight is 450 g/mol. The molecule has 3 aromatic rings. The smallest absolute Gasteiger partial charge is 0.270 e. The monoisotopic (exact) mass is 449 g/mol. The topological polar surface area (TPSA) is 95.7 Å². The molecule has 0 spiro atoms. The molecular formula is C24H16ClNO6. The maximum atomic E-state index is 12.7. The minimum atomic E-state index is -0.507. The number of halogens is 1. The first-order valence-corrected chi connectivity index (χ1v) is 9.95. The SMILES string of the molecule is Cc1c(OCC(=O)c2ccc(Cl)cc2)ccc2c1O/C(=C\c1cccc([N+](=O)[O-])c1)C2=O. The van der Waals surface area contributed by atoms with Crippen LogP contribution in [0.15, 0.2) is 66.4 Å². The summed E-state index contributed by atoms with van der Waals surface area (Å²) in [6, 6.07) is 15.6. The zero-order valence-corrected chi connectivity index (χ0v) is 17.6. The summed E-state index contributed by atoms with van der Waals surface area (Å²) in [6.45, 7) is 1.54. The van der Waals surface area contributed by atoms with Gasteiger partial charge in [0.2, 0.25) is 5.78 Å². The summed E-state index contributed by atoms with van der Waals surface area (Å²) in [4.78, 5) is 35.5. The Bertz CT molecular complexity index is 1280. The quantitative estimate of drug-likeness (QED) is 0.215. The number of allylic oxidation sites excluding steroid dienone is 1. The molecule has 0 saturated heterocycles. The molecule has 8 heteroatoms. The molecular weight excluding hydrogens is 434 g/mol. The van der Waals surface area contributed by atoms with E-state index in [0.29, 0.717) is 38.8 Å². The fraction of sp³-hybridized carbons (Fsp3) is 0.0833. The Morgan fingerprint density at radius 3 is 2.62 bits per heavy atom. The number of carbonyl (C=O) groups is 2. The number of hydrogen-bond donors (Lipinski definition) is 0. The number of ether oxygens (including phenoxy) is 2. The lowest BCUT2D eigenvalue weighted by Crippen LogP contribution is -2.12. The summed E-state index contributed by atoms with van der Waals surface area (Å²) < 4.78 is 11.4. The lowest BCUT2D eigenvalue weighted by molar-refractivity contribution is -0.384. The highest BCUT2D eigenvalue weighted by atomic mass is 35.5. The molecule has 160 valence electrons. The van der Waals surface area contributed by atoms with Gasteiger partial charge in [0, 0.05) is 28.3 Å². The summed E-state index contributed by atoms with van der Waals surface area (Å²) in [6.07, 6.45) is 1.46. The van der Waals surface area contributed by atoms with Gasteiger partial charge in [-0.1, -0.05) is 23.7 Å². The lowest BCUT2D eigenvalue weighted by atomic mass is 10.1. The molecule has 1 heterocycles. The van der Waals surface area contributed by atoms with Gasteiger partial charge in [0.05, 0.1) is 10.5 Å². The Morgan fingerprint density at radius 1 is 1.16 bits per heavy atom. The maximum Gasteiger partial charge on any atom is 0.270 e. The van der Waals surface area contributed by atoms with Crippen LogP contribution in [0, 0.1) is 17.0 Å². The van der Waals surface area contributed by atoms with Gasteiger partial charge in [-0.3, -0.25) is 19.7 Å². The number of hydrogen-bond acceptors (Lipinski definition) is 6. The van der Waals surface area contributed by atoms with E-state index in [1.54, 1.807) is 49.4 Å². The number of fused-ring (bicyclic) bond motifs is 1. The molecule has 0 bridgehead atoms. The normalized spacial score (nSPS) is 13.6. The number of nitro groups is 1. The average Bonchev–Trinajstić information content (AvgIpc) is 3.10. The Morgan fingerprint density at radius 2 is 1.91 bits per heavy atom. The minimum Gasteiger partial charge on any atom is -0.485 e. The van der Waals surface area contributed by atoms with Crippen molar-refractivity contribution < 1.29 is 24.0 Å². The Hall–Kier alpha value is -3.97. The number of carbonyl (C=O) groups excluding carboxylic acids is 2. The Kier molecular flexibility index (Phi) is 5.75. The first kappa shape index (κ1) is 21.3. The third-order valence-electron chi connectivity index (χ3n) is 4.94. The number of Topliss-reactive ketones (excluding diaryl/α,β-unsaturated/α-hetero) is 2. The van der Waals surface area contributed by atoms with Gasteiger partial charge in [-0.25, -0.2) is 0 Å². The summed E-state index contributed by atoms with van der Waals surface area (Å²) >= 11 is 5.84. The second kappa shape index (κ2) is 8.64. The van der Waals surface area contributed by atoms with Gasteiger partial charge in [0.15, 0.2) is 18.1 Å². The molecule has 3 aromatic carbocycles. The molecule has 0 radical (unpaired) electrons. The van der Waals surface area contributed by atoms with Crippen LogP contribution in [0.1, 0.15) is 31.8 Å². The number of rotatable bonds is 6. The van der Waals surface area contributed by atoms with Gasteiger partial charge in [-0.2, -0.15) is 0 Å². The van der Waals surface area contributed by atoms with E-state index in [1.165, 1.54) is 24.3 Å². The summed E-state index contributed by atoms with van der Waals surface area (Å²) in [7, 11) is 0. The molecule has 0 aromatic heterocycles. The molecule has 0 saturated carbocycles. The molecule has 7 nitrogen and oxygen atoms in total. The second-order valence-corrected chi connectivity index (χ2v) is 7.51. The highest BCUT2D eigenvalue weighted by molar-refractivity contribution is 6.30. The van der Waals surface area contributed by atoms with Crippen LogP contribution in [0.25, 0.3) is 6.08 Å². The van der Waals surface area contributed by atoms with Crippen molar-refractivity contribution >= 4 is 34.9 Å². The number of nitrogens with zero attached hydrogens (tertiary/aromatic N) is 1. The van der Waals surface area contributed by atoms with Crippen molar-refractivity contribution in [1.29, 1.82) is 0 Å². The fourth-order valence-corrected chi connectivity index (χ4v) is 3.39. The summed E-state index contributed by atoms with van der Waals surface area (Å²) in [5.41, 5.74) is 1.79. The zero-order chi connectivity index (χ0) is 22.8. The van der Waals surface area contributed by atoms with Crippen LogP contribution in [-0.4, -0.2) is 23.1 Å². The van der Waals surface area contributed by atoms with Crippen LogP contribution in [0.5, 0.6) is 11.5 Å². The molecule has 4 rings (SSSR count). The molecule has 1 aliphatic heterocycles. The van der Waals surface area contributed by atoms with E-state index >= 15 is 0 Å². The third-order valence-corrected chi connectivity index (χ3v) is 5.19. The molecule has 1 aliphatic rings. The van der Waals surface area contributed by atoms with Gasteiger partial charge in [0.1, 0.15) is 11.5 Å². The summed E-state index contributed by atoms with van der Waals surface area (Å²) in [5.74, 6) is 0.250. The van der Waals surface area contributed by atoms with Crippen molar-refractivity contribution in [1.82, 2.24) is 0 Å². The fourth-order valence-electron chi connectivity index (χ4n) is 3.27. The van der Waals surface area contributed by atoms with Crippen molar-refractivity contribution in [2.24, 2.45) is 0 Å². The van der Waals surface area contributed by atoms with E-state index in [9.17, 15) is 19.7 Å². The summed E-state index contributed by atoms with van der Waals surface area (Å²) in [5, 5.41) is 11.5. The van der Waals surface area contributed by atoms with Gasteiger partial charge in [0.25, 0.3) is 5.69 Å². The van der Waals surface area contributed by atoms with Crippen LogP contribution in [0.3, 0.4) is 0 Å². The minimum absolute atomic E-state index is 0.0537. The van der Waals surface area contributed by atoms with Crippen molar-refractivity contribution in [2.45, 2.75) is 6.92 Å². The van der Waals surface area contributed by atoms with Gasteiger partial charge >= 0.3 is 0 Å². The molecule has 0 amide bonds. The lowest BCUT2D eigenvalue weighted by Gasteiger charge is -2.11. The van der Waals surface area contributed by atoms with Gasteiger partial charge < -0.3 is 9.47 Å². The highest BCUT2D eigenvalue weighted by Crippen LogP contribution is 2.39. The van der Waals surface area contributed by atoms with Crippen LogP contribution < -0.4 is 9.47 Å². The first-order chi connectivity index (χ1) is 15.3. The number of nitro benzene ring substituents is 1. The molecule has 0 aliphatic carbocycles. The third kappa shape index (κ3) is 4.24. The maximum absolute atomic E-state index is 12.7. The second-order valence-electron chi connectivity index (χ2n) is 7.08. The molecule has 0 unspecified atom stereocenters. The number of benzene rings is 3. The Labute approximate surface area is 188 Å². The van der Waals surface area contributed by atoms with Crippen LogP contribution >= 0.6 is 11.6 Å².